The lowest BCUT2D eigenvalue weighted by atomic mass is 10.1. The third-order valence-corrected chi connectivity index (χ3v) is 4.86. The number of nitrogens with two attached hydrogens (primary N) is 1. The number of benzene rings is 1. The van der Waals surface area contributed by atoms with E-state index in [0.29, 0.717) is 24.6 Å². The standard InChI is InChI=1S/C14H24N2O3S/c1-11-8-13(10-15)9-14(12(11)2)20(17,18)16-6-4-5-7-19-3/h8-9,16H,4-7,10,15H2,1-3H3. The third kappa shape index (κ3) is 4.56. The average molecular weight is 300 g/mol. The van der Waals surface area contributed by atoms with Gasteiger partial charge in [-0.05, 0) is 49.4 Å². The molecule has 0 aromatic heterocycles. The fraction of sp³-hybridized carbons (Fsp3) is 0.571. The van der Waals surface area contributed by atoms with Gasteiger partial charge in [-0.15, -0.1) is 0 Å². The Balaban J connectivity index is 2.84. The summed E-state index contributed by atoms with van der Waals surface area (Å²) in [5.74, 6) is 0. The van der Waals surface area contributed by atoms with E-state index in [2.05, 4.69) is 4.72 Å². The SMILES string of the molecule is COCCCCNS(=O)(=O)c1cc(CN)cc(C)c1C. The van der Waals surface area contributed by atoms with Crippen molar-refractivity contribution in [2.75, 3.05) is 20.3 Å². The highest BCUT2D eigenvalue weighted by molar-refractivity contribution is 7.89. The van der Waals surface area contributed by atoms with Crippen LogP contribution >= 0.6 is 0 Å². The molecule has 0 heterocycles. The molecule has 0 radical (unpaired) electrons. The lowest BCUT2D eigenvalue weighted by Crippen LogP contribution is -2.26. The molecule has 0 saturated heterocycles. The van der Waals surface area contributed by atoms with E-state index >= 15 is 0 Å². The molecule has 0 spiro atoms. The summed E-state index contributed by atoms with van der Waals surface area (Å²) in [4.78, 5) is 0.324. The van der Waals surface area contributed by atoms with Crippen LogP contribution in [0.4, 0.5) is 0 Å². The van der Waals surface area contributed by atoms with Crippen molar-refractivity contribution in [1.82, 2.24) is 4.72 Å². The van der Waals surface area contributed by atoms with Crippen LogP contribution in [0.15, 0.2) is 17.0 Å². The van der Waals surface area contributed by atoms with Crippen molar-refractivity contribution in [1.29, 1.82) is 0 Å². The molecular formula is C14H24N2O3S. The van der Waals surface area contributed by atoms with E-state index < -0.39 is 10.0 Å². The molecule has 3 N–H and O–H groups in total. The van der Waals surface area contributed by atoms with Gasteiger partial charge in [-0.25, -0.2) is 13.1 Å². The monoisotopic (exact) mass is 300 g/mol. The van der Waals surface area contributed by atoms with Crippen LogP contribution in [0.25, 0.3) is 0 Å². The Morgan fingerprint density at radius 3 is 2.55 bits per heavy atom. The van der Waals surface area contributed by atoms with Crippen LogP contribution in [-0.4, -0.2) is 28.7 Å². The van der Waals surface area contributed by atoms with E-state index in [0.717, 1.165) is 29.5 Å². The van der Waals surface area contributed by atoms with E-state index in [1.54, 1.807) is 13.2 Å². The Labute approximate surface area is 121 Å². The molecule has 0 bridgehead atoms. The van der Waals surface area contributed by atoms with Gasteiger partial charge >= 0.3 is 0 Å². The van der Waals surface area contributed by atoms with Gasteiger partial charge < -0.3 is 10.5 Å². The summed E-state index contributed by atoms with van der Waals surface area (Å²) >= 11 is 0. The second kappa shape index (κ2) is 7.73. The molecule has 1 aromatic carbocycles. The van der Waals surface area contributed by atoms with Crippen molar-refractivity contribution >= 4 is 10.0 Å². The van der Waals surface area contributed by atoms with Gasteiger partial charge in [0.15, 0.2) is 0 Å². The number of sulfonamides is 1. The molecule has 0 amide bonds. The summed E-state index contributed by atoms with van der Waals surface area (Å²) in [5.41, 5.74) is 8.14. The molecule has 0 atom stereocenters. The fourth-order valence-corrected chi connectivity index (χ4v) is 3.39. The van der Waals surface area contributed by atoms with Crippen LogP contribution in [-0.2, 0) is 21.3 Å². The Morgan fingerprint density at radius 1 is 1.25 bits per heavy atom. The van der Waals surface area contributed by atoms with E-state index in [9.17, 15) is 8.42 Å². The number of aryl methyl sites for hydroxylation is 1. The highest BCUT2D eigenvalue weighted by atomic mass is 32.2. The van der Waals surface area contributed by atoms with Gasteiger partial charge in [-0.1, -0.05) is 6.07 Å². The van der Waals surface area contributed by atoms with Crippen molar-refractivity contribution in [2.45, 2.75) is 38.1 Å². The number of rotatable bonds is 8. The fourth-order valence-electron chi connectivity index (χ4n) is 1.95. The Morgan fingerprint density at radius 2 is 1.95 bits per heavy atom. The molecule has 20 heavy (non-hydrogen) atoms. The van der Waals surface area contributed by atoms with Crippen LogP contribution in [0.2, 0.25) is 0 Å². The topological polar surface area (TPSA) is 81.4 Å². The minimum atomic E-state index is -3.48. The maximum absolute atomic E-state index is 12.3. The highest BCUT2D eigenvalue weighted by Gasteiger charge is 2.18. The van der Waals surface area contributed by atoms with E-state index in [4.69, 9.17) is 10.5 Å². The molecule has 6 heteroatoms. The number of methoxy groups -OCH3 is 1. The summed E-state index contributed by atoms with van der Waals surface area (Å²) in [6, 6.07) is 3.58. The largest absolute Gasteiger partial charge is 0.385 e. The zero-order valence-corrected chi connectivity index (χ0v) is 13.2. The van der Waals surface area contributed by atoms with Gasteiger partial charge in [0.25, 0.3) is 0 Å². The van der Waals surface area contributed by atoms with Crippen LogP contribution in [0, 0.1) is 13.8 Å². The highest BCUT2D eigenvalue weighted by Crippen LogP contribution is 2.20. The van der Waals surface area contributed by atoms with E-state index in [1.165, 1.54) is 0 Å². The minimum absolute atomic E-state index is 0.324. The molecule has 1 aromatic rings. The zero-order chi connectivity index (χ0) is 15.2. The maximum Gasteiger partial charge on any atom is 0.240 e. The number of ether oxygens (including phenoxy) is 1. The van der Waals surface area contributed by atoms with Crippen LogP contribution in [0.3, 0.4) is 0 Å². The molecule has 0 aliphatic carbocycles. The van der Waals surface area contributed by atoms with Crippen LogP contribution in [0.1, 0.15) is 29.5 Å². The minimum Gasteiger partial charge on any atom is -0.385 e. The van der Waals surface area contributed by atoms with Crippen molar-refractivity contribution in [3.8, 4) is 0 Å². The molecule has 0 unspecified atom stereocenters. The Hall–Kier alpha value is -0.950. The number of unbranched alkanes of at least 4 members (excludes halogenated alkanes) is 1. The lowest BCUT2D eigenvalue weighted by Gasteiger charge is -2.13. The van der Waals surface area contributed by atoms with Gasteiger partial charge in [-0.3, -0.25) is 0 Å². The first kappa shape index (κ1) is 17.1. The van der Waals surface area contributed by atoms with Crippen molar-refractivity contribution in [2.24, 2.45) is 5.73 Å². The van der Waals surface area contributed by atoms with E-state index in [1.807, 2.05) is 19.9 Å². The molecule has 0 aliphatic rings. The van der Waals surface area contributed by atoms with Gasteiger partial charge in [0, 0.05) is 26.8 Å². The molecular weight excluding hydrogens is 276 g/mol. The maximum atomic E-state index is 12.3. The van der Waals surface area contributed by atoms with Crippen LogP contribution < -0.4 is 10.5 Å². The molecule has 114 valence electrons. The molecule has 1 rings (SSSR count). The summed E-state index contributed by atoms with van der Waals surface area (Å²) in [5, 5.41) is 0. The summed E-state index contributed by atoms with van der Waals surface area (Å²) < 4.78 is 32.2. The predicted octanol–water partition coefficient (Wildman–Crippen LogP) is 1.47. The Bertz CT molecular complexity index is 542. The van der Waals surface area contributed by atoms with Gasteiger partial charge in [0.1, 0.15) is 0 Å². The number of hydrogen-bond donors (Lipinski definition) is 2. The summed E-state index contributed by atoms with van der Waals surface area (Å²) in [7, 11) is -1.85. The van der Waals surface area contributed by atoms with Gasteiger partial charge in [0.05, 0.1) is 4.90 Å². The average Bonchev–Trinajstić information content (AvgIpc) is 2.41. The molecule has 0 fully saturated rings. The lowest BCUT2D eigenvalue weighted by molar-refractivity contribution is 0.193. The first-order valence-corrected chi connectivity index (χ1v) is 8.19. The van der Waals surface area contributed by atoms with Gasteiger partial charge in [-0.2, -0.15) is 0 Å². The Kier molecular flexibility index (Phi) is 6.61. The van der Waals surface area contributed by atoms with Crippen molar-refractivity contribution < 1.29 is 13.2 Å². The molecule has 0 aliphatic heterocycles. The second-order valence-electron chi connectivity index (χ2n) is 4.84. The third-order valence-electron chi connectivity index (χ3n) is 3.27. The van der Waals surface area contributed by atoms with Crippen molar-refractivity contribution in [3.05, 3.63) is 28.8 Å². The number of nitrogens with one attached hydrogen (secondary N) is 1. The predicted molar refractivity (Wildman–Crippen MR) is 80.1 cm³/mol. The van der Waals surface area contributed by atoms with Crippen molar-refractivity contribution in [3.63, 3.8) is 0 Å². The smallest absolute Gasteiger partial charge is 0.240 e. The first-order valence-electron chi connectivity index (χ1n) is 6.71. The normalized spacial score (nSPS) is 11.8. The van der Waals surface area contributed by atoms with Gasteiger partial charge in [0.2, 0.25) is 10.0 Å². The number of hydrogen-bond acceptors (Lipinski definition) is 4. The molecule has 5 nitrogen and oxygen atoms in total. The molecule has 0 saturated carbocycles. The first-order chi connectivity index (χ1) is 9.42. The quantitative estimate of drug-likeness (QED) is 0.712. The summed E-state index contributed by atoms with van der Waals surface area (Å²) in [6.45, 7) is 5.10. The van der Waals surface area contributed by atoms with Crippen LogP contribution in [0.5, 0.6) is 0 Å². The summed E-state index contributed by atoms with van der Waals surface area (Å²) in [6.07, 6.45) is 1.58. The zero-order valence-electron chi connectivity index (χ0n) is 12.4. The van der Waals surface area contributed by atoms with E-state index in [-0.39, 0.29) is 0 Å². The second-order valence-corrected chi connectivity index (χ2v) is 6.57.